The molecule has 0 radical (unpaired) electrons. The van der Waals surface area contributed by atoms with Crippen LogP contribution in [-0.4, -0.2) is 61.3 Å². The minimum atomic E-state index is -0.0294. The first kappa shape index (κ1) is 27.4. The molecule has 0 aliphatic carbocycles. The van der Waals surface area contributed by atoms with Crippen LogP contribution >= 0.6 is 11.6 Å². The van der Waals surface area contributed by atoms with Crippen molar-refractivity contribution in [3.05, 3.63) is 70.7 Å². The van der Waals surface area contributed by atoms with Crippen LogP contribution in [0.25, 0.3) is 10.9 Å². The van der Waals surface area contributed by atoms with Crippen LogP contribution in [0, 0.1) is 0 Å². The molecule has 36 heavy (non-hydrogen) atoms. The van der Waals surface area contributed by atoms with Gasteiger partial charge in [-0.05, 0) is 51.0 Å². The van der Waals surface area contributed by atoms with E-state index in [1.54, 1.807) is 18.1 Å². The summed E-state index contributed by atoms with van der Waals surface area (Å²) < 4.78 is 10.8. The quantitative estimate of drug-likeness (QED) is 0.261. The van der Waals surface area contributed by atoms with Crippen molar-refractivity contribution in [2.75, 3.05) is 38.2 Å². The fourth-order valence-corrected chi connectivity index (χ4v) is 3.82. The summed E-state index contributed by atoms with van der Waals surface area (Å²) in [5.74, 6) is 1.19. The molecule has 1 fully saturated rings. The molecular formula is C27H36ClN5O3. The number of amides is 1. The maximum atomic E-state index is 10.9. The van der Waals surface area contributed by atoms with Crippen LogP contribution in [0.4, 0.5) is 5.82 Å². The standard InChI is InChI=1S/C22H24ClN5O2.C5H12O/c23-22(25)18(15-7-9-27(14-29)10-8-15)11-20(24)30-17-12-28(13-17)21-6-5-16-3-1-2-4-19(16)26-21;1-5(2,3)6-4/h1-7,11,14,17H,8-10,12-13,24-25H2;1-4H3/b20-11+,22-18+;. The largest absolute Gasteiger partial charge is 0.472 e. The van der Waals surface area contributed by atoms with E-state index >= 15 is 0 Å². The van der Waals surface area contributed by atoms with Gasteiger partial charge in [-0.15, -0.1) is 0 Å². The van der Waals surface area contributed by atoms with E-state index in [-0.39, 0.29) is 22.7 Å². The molecule has 9 heteroatoms. The maximum Gasteiger partial charge on any atom is 0.209 e. The van der Waals surface area contributed by atoms with Gasteiger partial charge in [0.1, 0.15) is 17.1 Å². The summed E-state index contributed by atoms with van der Waals surface area (Å²) in [4.78, 5) is 19.4. The van der Waals surface area contributed by atoms with Gasteiger partial charge in [0.25, 0.3) is 0 Å². The van der Waals surface area contributed by atoms with E-state index in [0.29, 0.717) is 38.2 Å². The Bertz CT molecular complexity index is 1150. The third kappa shape index (κ3) is 7.63. The highest BCUT2D eigenvalue weighted by Crippen LogP contribution is 2.26. The van der Waals surface area contributed by atoms with E-state index in [1.807, 2.05) is 57.2 Å². The van der Waals surface area contributed by atoms with Crippen molar-refractivity contribution in [2.45, 2.75) is 38.9 Å². The van der Waals surface area contributed by atoms with Crippen molar-refractivity contribution in [2.24, 2.45) is 11.5 Å². The lowest BCUT2D eigenvalue weighted by molar-refractivity contribution is -0.117. The number of fused-ring (bicyclic) bond motifs is 1. The number of hydrogen-bond acceptors (Lipinski definition) is 7. The number of nitrogens with two attached hydrogens (primary N) is 2. The highest BCUT2D eigenvalue weighted by atomic mass is 35.5. The van der Waals surface area contributed by atoms with Gasteiger partial charge in [0.15, 0.2) is 5.88 Å². The monoisotopic (exact) mass is 513 g/mol. The number of pyridine rings is 1. The van der Waals surface area contributed by atoms with Crippen LogP contribution < -0.4 is 16.4 Å². The van der Waals surface area contributed by atoms with Crippen LogP contribution in [0.5, 0.6) is 0 Å². The van der Waals surface area contributed by atoms with Crippen molar-refractivity contribution in [3.8, 4) is 0 Å². The van der Waals surface area contributed by atoms with Crippen LogP contribution in [0.2, 0.25) is 0 Å². The van der Waals surface area contributed by atoms with Crippen molar-refractivity contribution in [1.29, 1.82) is 0 Å². The molecule has 2 aliphatic heterocycles. The van der Waals surface area contributed by atoms with Gasteiger partial charge in [-0.3, -0.25) is 4.79 Å². The number of aromatic nitrogens is 1. The zero-order valence-electron chi connectivity index (χ0n) is 21.4. The number of halogens is 1. The Balaban J connectivity index is 0.000000538. The molecule has 8 nitrogen and oxygen atoms in total. The van der Waals surface area contributed by atoms with Gasteiger partial charge in [-0.1, -0.05) is 35.9 Å². The summed E-state index contributed by atoms with van der Waals surface area (Å²) in [6.07, 6.45) is 5.07. The van der Waals surface area contributed by atoms with Crippen molar-refractivity contribution < 1.29 is 14.3 Å². The van der Waals surface area contributed by atoms with Gasteiger partial charge >= 0.3 is 0 Å². The van der Waals surface area contributed by atoms with Crippen LogP contribution in [0.15, 0.2) is 70.7 Å². The fourth-order valence-electron chi connectivity index (χ4n) is 3.64. The molecule has 4 rings (SSSR count). The molecule has 0 atom stereocenters. The highest BCUT2D eigenvalue weighted by Gasteiger charge is 2.30. The fraction of sp³-hybridized carbons (Fsp3) is 0.407. The second-order valence-corrected chi connectivity index (χ2v) is 10.1. The number of carbonyl (C=O) groups is 1. The minimum absolute atomic E-state index is 0.0294. The first-order valence-corrected chi connectivity index (χ1v) is 12.3. The second-order valence-electron chi connectivity index (χ2n) is 9.71. The summed E-state index contributed by atoms with van der Waals surface area (Å²) in [5, 5.41) is 1.27. The van der Waals surface area contributed by atoms with Crippen LogP contribution in [0.3, 0.4) is 0 Å². The SMILES string of the molecule is COC(C)(C)C.N/C(Cl)=C(\C=C(/N)OC1CN(c2ccc3ccccc3n2)C1)C1=CCN(C=O)CC1. The van der Waals surface area contributed by atoms with E-state index < -0.39 is 0 Å². The lowest BCUT2D eigenvalue weighted by atomic mass is 10.00. The number of carbonyl (C=O) groups excluding carboxylic acids is 1. The third-order valence-corrected chi connectivity index (χ3v) is 6.15. The van der Waals surface area contributed by atoms with Gasteiger partial charge in [-0.2, -0.15) is 0 Å². The Hall–Kier alpha value is -3.23. The van der Waals surface area contributed by atoms with E-state index in [9.17, 15) is 4.79 Å². The van der Waals surface area contributed by atoms with E-state index in [2.05, 4.69) is 11.0 Å². The molecule has 2 aromatic rings. The second kappa shape index (κ2) is 12.1. The summed E-state index contributed by atoms with van der Waals surface area (Å²) in [6.45, 7) is 8.61. The van der Waals surface area contributed by atoms with Gasteiger partial charge in [0.2, 0.25) is 6.41 Å². The molecule has 1 aromatic heterocycles. The van der Waals surface area contributed by atoms with Gasteiger partial charge in [-0.25, -0.2) is 4.98 Å². The summed E-state index contributed by atoms with van der Waals surface area (Å²) in [7, 11) is 1.71. The Morgan fingerprint density at radius 3 is 2.44 bits per heavy atom. The molecule has 1 aromatic carbocycles. The first-order valence-electron chi connectivity index (χ1n) is 11.9. The number of para-hydroxylation sites is 1. The molecular weight excluding hydrogens is 478 g/mol. The predicted molar refractivity (Wildman–Crippen MR) is 145 cm³/mol. The maximum absolute atomic E-state index is 10.9. The van der Waals surface area contributed by atoms with E-state index in [0.717, 1.165) is 28.7 Å². The zero-order valence-corrected chi connectivity index (χ0v) is 22.2. The van der Waals surface area contributed by atoms with Crippen molar-refractivity contribution in [1.82, 2.24) is 9.88 Å². The molecule has 3 heterocycles. The first-order chi connectivity index (χ1) is 17.1. The highest BCUT2D eigenvalue weighted by molar-refractivity contribution is 6.29. The lowest BCUT2D eigenvalue weighted by Crippen LogP contribution is -2.53. The number of methoxy groups -OCH3 is 1. The lowest BCUT2D eigenvalue weighted by Gasteiger charge is -2.39. The molecule has 1 saturated heterocycles. The zero-order chi connectivity index (χ0) is 26.3. The third-order valence-electron chi connectivity index (χ3n) is 5.95. The van der Waals surface area contributed by atoms with Gasteiger partial charge in [0, 0.05) is 37.2 Å². The van der Waals surface area contributed by atoms with Gasteiger partial charge in [0.05, 0.1) is 24.2 Å². The summed E-state index contributed by atoms with van der Waals surface area (Å²) in [5.41, 5.74) is 14.6. The average molecular weight is 514 g/mol. The molecule has 2 aliphatic rings. The topological polar surface area (TPSA) is 107 Å². The number of rotatable bonds is 6. The molecule has 0 spiro atoms. The number of benzene rings is 1. The van der Waals surface area contributed by atoms with Crippen molar-refractivity contribution in [3.63, 3.8) is 0 Å². The Morgan fingerprint density at radius 1 is 1.17 bits per heavy atom. The smallest absolute Gasteiger partial charge is 0.209 e. The molecule has 4 N–H and O–H groups in total. The normalized spacial score (nSPS) is 17.5. The number of anilines is 1. The number of allylic oxidation sites excluding steroid dienone is 2. The predicted octanol–water partition coefficient (Wildman–Crippen LogP) is 3.87. The average Bonchev–Trinajstić information content (AvgIpc) is 2.84. The molecule has 0 unspecified atom stereocenters. The number of hydrogen-bond donors (Lipinski definition) is 2. The Morgan fingerprint density at radius 2 is 1.86 bits per heavy atom. The Kier molecular flexibility index (Phi) is 9.23. The molecule has 194 valence electrons. The van der Waals surface area contributed by atoms with Crippen LogP contribution in [0.1, 0.15) is 27.2 Å². The number of ether oxygens (including phenoxy) is 2. The van der Waals surface area contributed by atoms with Gasteiger partial charge < -0.3 is 30.7 Å². The summed E-state index contributed by atoms with van der Waals surface area (Å²) >= 11 is 6.09. The summed E-state index contributed by atoms with van der Waals surface area (Å²) in [6, 6.07) is 12.1. The molecule has 0 saturated carbocycles. The van der Waals surface area contributed by atoms with E-state index in [1.165, 1.54) is 0 Å². The van der Waals surface area contributed by atoms with E-state index in [4.69, 9.17) is 37.5 Å². The number of nitrogens with zero attached hydrogens (tertiary/aromatic N) is 3. The van der Waals surface area contributed by atoms with Crippen LogP contribution in [-0.2, 0) is 14.3 Å². The van der Waals surface area contributed by atoms with Crippen molar-refractivity contribution >= 4 is 34.7 Å². The Labute approximate surface area is 218 Å². The molecule has 1 amide bonds. The minimum Gasteiger partial charge on any atom is -0.472 e. The molecule has 0 bridgehead atoms.